The number of aromatic carboxylic acids is 1. The van der Waals surface area contributed by atoms with Gasteiger partial charge in [-0.15, -0.1) is 0 Å². The number of rotatable bonds is 5. The average Bonchev–Trinajstić information content (AvgIpc) is 3.19. The smallest absolute Gasteiger partial charge is 0.337 e. The number of benzene rings is 1. The molecule has 0 aliphatic heterocycles. The zero-order valence-electron chi connectivity index (χ0n) is 10.0. The number of nitrogens with one attached hydrogen (secondary N) is 1. The molecule has 0 saturated heterocycles. The van der Waals surface area contributed by atoms with Gasteiger partial charge in [0.15, 0.2) is 0 Å². The van der Waals surface area contributed by atoms with Crippen molar-refractivity contribution >= 4 is 11.7 Å². The summed E-state index contributed by atoms with van der Waals surface area (Å²) in [5.74, 6) is -0.360. The first kappa shape index (κ1) is 11.5. The predicted octanol–water partition coefficient (Wildman–Crippen LogP) is 3.12. The molecule has 4 heteroatoms. The third-order valence-electron chi connectivity index (χ3n) is 3.81. The van der Waals surface area contributed by atoms with E-state index in [0.29, 0.717) is 11.8 Å². The van der Waals surface area contributed by atoms with Crippen molar-refractivity contribution in [3.63, 3.8) is 0 Å². The number of halogens is 1. The fraction of sp³-hybridized carbons (Fsp3) is 0.500. The van der Waals surface area contributed by atoms with Crippen LogP contribution < -0.4 is 5.32 Å². The third-order valence-corrected chi connectivity index (χ3v) is 3.81. The van der Waals surface area contributed by atoms with E-state index < -0.39 is 11.8 Å². The topological polar surface area (TPSA) is 49.3 Å². The molecule has 0 bridgehead atoms. The molecule has 0 radical (unpaired) electrons. The highest BCUT2D eigenvalue weighted by molar-refractivity contribution is 5.94. The van der Waals surface area contributed by atoms with E-state index in [1.165, 1.54) is 43.9 Å². The summed E-state index contributed by atoms with van der Waals surface area (Å²) in [5, 5.41) is 12.3. The molecule has 1 aromatic rings. The minimum Gasteiger partial charge on any atom is -0.478 e. The summed E-state index contributed by atoms with van der Waals surface area (Å²) >= 11 is 0. The van der Waals surface area contributed by atoms with Gasteiger partial charge in [-0.05, 0) is 49.7 Å². The van der Waals surface area contributed by atoms with Gasteiger partial charge in [-0.25, -0.2) is 9.18 Å². The molecule has 0 amide bonds. The molecule has 3 nitrogen and oxygen atoms in total. The third kappa shape index (κ3) is 2.19. The highest BCUT2D eigenvalue weighted by Gasteiger charge is 2.42. The molecular formula is C14H16FNO2. The van der Waals surface area contributed by atoms with Gasteiger partial charge in [0.25, 0.3) is 0 Å². The normalized spacial score (nSPS) is 19.0. The van der Waals surface area contributed by atoms with Crippen LogP contribution in [0.15, 0.2) is 18.2 Å². The minimum atomic E-state index is -1.08. The van der Waals surface area contributed by atoms with Gasteiger partial charge in [-0.1, -0.05) is 6.07 Å². The molecule has 2 aliphatic rings. The predicted molar refractivity (Wildman–Crippen MR) is 66.2 cm³/mol. The van der Waals surface area contributed by atoms with Crippen LogP contribution in [0.3, 0.4) is 0 Å². The highest BCUT2D eigenvalue weighted by atomic mass is 19.1. The standard InChI is InChI=1S/C14H16FNO2/c15-11-3-1-2-10(14(17)18)13(11)16-12(8-4-5-8)9-6-7-9/h1-3,8-9,12,16H,4-7H2,(H,17,18). The summed E-state index contributed by atoms with van der Waals surface area (Å²) in [6.45, 7) is 0. The first-order valence-electron chi connectivity index (χ1n) is 6.45. The van der Waals surface area contributed by atoms with Gasteiger partial charge in [0, 0.05) is 6.04 Å². The van der Waals surface area contributed by atoms with Crippen molar-refractivity contribution in [3.05, 3.63) is 29.6 Å². The van der Waals surface area contributed by atoms with Crippen molar-refractivity contribution in [3.8, 4) is 0 Å². The van der Waals surface area contributed by atoms with E-state index in [2.05, 4.69) is 5.32 Å². The number of carboxylic acids is 1. The van der Waals surface area contributed by atoms with Crippen LogP contribution in [0.5, 0.6) is 0 Å². The van der Waals surface area contributed by atoms with Crippen LogP contribution in [-0.2, 0) is 0 Å². The molecule has 96 valence electrons. The van der Waals surface area contributed by atoms with Gasteiger partial charge in [-0.3, -0.25) is 0 Å². The van der Waals surface area contributed by atoms with Gasteiger partial charge < -0.3 is 10.4 Å². The lowest BCUT2D eigenvalue weighted by atomic mass is 10.1. The van der Waals surface area contributed by atoms with Crippen LogP contribution in [0.2, 0.25) is 0 Å². The lowest BCUT2D eigenvalue weighted by Crippen LogP contribution is -2.26. The van der Waals surface area contributed by atoms with Crippen LogP contribution in [0.25, 0.3) is 0 Å². The van der Waals surface area contributed by atoms with Crippen molar-refractivity contribution in [2.75, 3.05) is 5.32 Å². The Bertz CT molecular complexity index is 469. The second-order valence-electron chi connectivity index (χ2n) is 5.31. The summed E-state index contributed by atoms with van der Waals surface area (Å²) < 4.78 is 13.8. The number of hydrogen-bond donors (Lipinski definition) is 2. The second-order valence-corrected chi connectivity index (χ2v) is 5.31. The molecule has 0 aromatic heterocycles. The van der Waals surface area contributed by atoms with Crippen LogP contribution in [0.1, 0.15) is 36.0 Å². The van der Waals surface area contributed by atoms with Crippen LogP contribution in [-0.4, -0.2) is 17.1 Å². The fourth-order valence-electron chi connectivity index (χ4n) is 2.55. The van der Waals surface area contributed by atoms with Crippen molar-refractivity contribution in [2.45, 2.75) is 31.7 Å². The van der Waals surface area contributed by atoms with Crippen molar-refractivity contribution < 1.29 is 14.3 Å². The number of carbonyl (C=O) groups is 1. The van der Waals surface area contributed by atoms with E-state index in [4.69, 9.17) is 5.11 Å². The van der Waals surface area contributed by atoms with Gasteiger partial charge in [0.05, 0.1) is 11.3 Å². The quantitative estimate of drug-likeness (QED) is 0.843. The molecule has 18 heavy (non-hydrogen) atoms. The van der Waals surface area contributed by atoms with Crippen molar-refractivity contribution in [1.82, 2.24) is 0 Å². The Balaban J connectivity index is 1.88. The summed E-state index contributed by atoms with van der Waals surface area (Å²) in [7, 11) is 0. The molecule has 0 heterocycles. The maximum Gasteiger partial charge on any atom is 0.337 e. The van der Waals surface area contributed by atoms with Gasteiger partial charge >= 0.3 is 5.97 Å². The van der Waals surface area contributed by atoms with Crippen LogP contribution >= 0.6 is 0 Å². The summed E-state index contributed by atoms with van der Waals surface area (Å²) in [6.07, 6.45) is 4.69. The van der Waals surface area contributed by atoms with Crippen molar-refractivity contribution in [2.24, 2.45) is 11.8 Å². The number of hydrogen-bond acceptors (Lipinski definition) is 2. The van der Waals surface area contributed by atoms with E-state index in [-0.39, 0.29) is 17.3 Å². The Morgan fingerprint density at radius 3 is 2.39 bits per heavy atom. The Morgan fingerprint density at radius 2 is 1.89 bits per heavy atom. The van der Waals surface area contributed by atoms with E-state index >= 15 is 0 Å². The SMILES string of the molecule is O=C(O)c1cccc(F)c1NC(C1CC1)C1CC1. The van der Waals surface area contributed by atoms with E-state index in [1.54, 1.807) is 0 Å². The molecule has 2 fully saturated rings. The van der Waals surface area contributed by atoms with Crippen LogP contribution in [0.4, 0.5) is 10.1 Å². The molecular weight excluding hydrogens is 233 g/mol. The number of anilines is 1. The van der Waals surface area contributed by atoms with Gasteiger partial charge in [-0.2, -0.15) is 0 Å². The lowest BCUT2D eigenvalue weighted by molar-refractivity contribution is 0.0697. The van der Waals surface area contributed by atoms with Crippen LogP contribution in [0, 0.1) is 17.7 Å². The molecule has 2 N–H and O–H groups in total. The Morgan fingerprint density at radius 1 is 1.28 bits per heavy atom. The summed E-state index contributed by atoms with van der Waals surface area (Å²) in [6, 6.07) is 4.45. The number of para-hydroxylation sites is 1. The molecule has 0 unspecified atom stereocenters. The maximum absolute atomic E-state index is 13.8. The monoisotopic (exact) mass is 249 g/mol. The first-order chi connectivity index (χ1) is 8.66. The Labute approximate surface area is 105 Å². The molecule has 1 aromatic carbocycles. The highest BCUT2D eigenvalue weighted by Crippen LogP contribution is 2.46. The van der Waals surface area contributed by atoms with Gasteiger partial charge in [0.2, 0.25) is 0 Å². The lowest BCUT2D eigenvalue weighted by Gasteiger charge is -2.20. The molecule has 2 aliphatic carbocycles. The molecule has 3 rings (SSSR count). The van der Waals surface area contributed by atoms with Crippen molar-refractivity contribution in [1.29, 1.82) is 0 Å². The minimum absolute atomic E-state index is 0.0290. The fourth-order valence-corrected chi connectivity index (χ4v) is 2.55. The van der Waals surface area contributed by atoms with E-state index in [9.17, 15) is 9.18 Å². The summed E-state index contributed by atoms with van der Waals surface area (Å²) in [5.41, 5.74) is 0.190. The Kier molecular flexibility index (Phi) is 2.73. The molecule has 2 saturated carbocycles. The zero-order chi connectivity index (χ0) is 12.7. The van der Waals surface area contributed by atoms with Gasteiger partial charge in [0.1, 0.15) is 5.82 Å². The molecule has 0 atom stereocenters. The largest absolute Gasteiger partial charge is 0.478 e. The molecule has 0 spiro atoms. The maximum atomic E-state index is 13.8. The average molecular weight is 249 g/mol. The summed E-state index contributed by atoms with van der Waals surface area (Å²) in [4.78, 5) is 11.1. The Hall–Kier alpha value is -1.58. The van der Waals surface area contributed by atoms with E-state index in [1.807, 2.05) is 0 Å². The second kappa shape index (κ2) is 4.26. The van der Waals surface area contributed by atoms with E-state index in [0.717, 1.165) is 0 Å². The zero-order valence-corrected chi connectivity index (χ0v) is 10.0. The number of carboxylic acid groups (broad SMARTS) is 1. The first-order valence-corrected chi connectivity index (χ1v) is 6.45.